The number of nitrogens with one attached hydrogen (secondary N) is 4. The molecule has 0 atom stereocenters. The van der Waals surface area contributed by atoms with E-state index >= 15 is 0 Å². The van der Waals surface area contributed by atoms with Crippen LogP contribution in [0.25, 0.3) is 17.5 Å². The lowest BCUT2D eigenvalue weighted by atomic mass is 10.0. The lowest BCUT2D eigenvalue weighted by Gasteiger charge is -2.15. The van der Waals surface area contributed by atoms with Gasteiger partial charge >= 0.3 is 0 Å². The second-order valence-electron chi connectivity index (χ2n) is 9.02. The van der Waals surface area contributed by atoms with Gasteiger partial charge in [-0.15, -0.1) is 0 Å². The largest absolute Gasteiger partial charge is 0.368 e. The molecule has 3 aromatic rings. The lowest BCUT2D eigenvalue weighted by molar-refractivity contribution is -0.119. The first kappa shape index (κ1) is 27.4. The van der Waals surface area contributed by atoms with Crippen LogP contribution in [0.3, 0.4) is 0 Å². The maximum absolute atomic E-state index is 12.3. The van der Waals surface area contributed by atoms with Gasteiger partial charge in [0.1, 0.15) is 11.6 Å². The van der Waals surface area contributed by atoms with E-state index in [-0.39, 0.29) is 11.8 Å². The Morgan fingerprint density at radius 1 is 0.838 bits per heavy atom. The lowest BCUT2D eigenvalue weighted by Crippen LogP contribution is -2.28. The Bertz CT molecular complexity index is 1210. The van der Waals surface area contributed by atoms with E-state index in [4.69, 9.17) is 9.97 Å². The minimum atomic E-state index is -0.153. The van der Waals surface area contributed by atoms with Gasteiger partial charge in [0.2, 0.25) is 11.8 Å². The van der Waals surface area contributed by atoms with Crippen LogP contribution < -0.4 is 21.3 Å². The van der Waals surface area contributed by atoms with Crippen LogP contribution in [0.5, 0.6) is 0 Å². The summed E-state index contributed by atoms with van der Waals surface area (Å²) in [7, 11) is 0. The van der Waals surface area contributed by atoms with Crippen LogP contribution in [-0.4, -0.2) is 48.0 Å². The summed E-state index contributed by atoms with van der Waals surface area (Å²) in [6.07, 6.45) is 3.36. The van der Waals surface area contributed by atoms with Gasteiger partial charge in [0.15, 0.2) is 5.82 Å². The highest BCUT2D eigenvalue weighted by molar-refractivity contribution is 5.91. The van der Waals surface area contributed by atoms with Crippen LogP contribution in [0.1, 0.15) is 43.4 Å². The molecule has 1 heterocycles. The molecule has 0 spiro atoms. The molecule has 3 rings (SSSR count). The minimum absolute atomic E-state index is 0.0746. The minimum Gasteiger partial charge on any atom is -0.368 e. The molecule has 1 aromatic heterocycles. The molecular weight excluding hydrogens is 464 g/mol. The van der Waals surface area contributed by atoms with Crippen molar-refractivity contribution in [3.63, 3.8) is 0 Å². The van der Waals surface area contributed by atoms with Crippen LogP contribution in [-0.2, 0) is 9.59 Å². The van der Waals surface area contributed by atoms with Crippen molar-refractivity contribution in [3.05, 3.63) is 77.4 Å². The third kappa shape index (κ3) is 8.75. The molecule has 0 saturated carbocycles. The first-order valence-corrected chi connectivity index (χ1v) is 12.6. The van der Waals surface area contributed by atoms with E-state index in [1.54, 1.807) is 6.08 Å². The molecule has 8 heteroatoms. The summed E-state index contributed by atoms with van der Waals surface area (Å²) in [5.74, 6) is 2.22. The molecule has 0 aliphatic heterocycles. The Labute approximate surface area is 219 Å². The van der Waals surface area contributed by atoms with Gasteiger partial charge < -0.3 is 21.3 Å². The van der Waals surface area contributed by atoms with Crippen molar-refractivity contribution in [2.24, 2.45) is 0 Å². The fourth-order valence-corrected chi connectivity index (χ4v) is 3.59. The van der Waals surface area contributed by atoms with Crippen molar-refractivity contribution >= 4 is 29.5 Å². The highest BCUT2D eigenvalue weighted by atomic mass is 16.2. The molecule has 4 N–H and O–H groups in total. The topological polar surface area (TPSA) is 108 Å². The summed E-state index contributed by atoms with van der Waals surface area (Å²) in [4.78, 5) is 32.8. The highest BCUT2D eigenvalue weighted by Crippen LogP contribution is 2.25. The maximum Gasteiger partial charge on any atom is 0.244 e. The van der Waals surface area contributed by atoms with E-state index in [1.807, 2.05) is 55.5 Å². The maximum atomic E-state index is 12.3. The number of nitrogens with zero attached hydrogens (tertiary/aromatic N) is 2. The average molecular weight is 501 g/mol. The normalized spacial score (nSPS) is 10.9. The number of hydrogen-bond donors (Lipinski definition) is 4. The van der Waals surface area contributed by atoms with E-state index in [0.29, 0.717) is 49.6 Å². The van der Waals surface area contributed by atoms with Crippen molar-refractivity contribution in [1.82, 2.24) is 20.6 Å². The molecular formula is C29H36N6O2. The molecule has 2 aromatic carbocycles. The van der Waals surface area contributed by atoms with Crippen LogP contribution >= 0.6 is 0 Å². The Balaban J connectivity index is 1.59. The summed E-state index contributed by atoms with van der Waals surface area (Å²) in [6, 6.07) is 18.0. The third-order valence-electron chi connectivity index (χ3n) is 5.72. The Hall–Kier alpha value is -4.20. The molecule has 0 radical (unpaired) electrons. The first-order valence-electron chi connectivity index (χ1n) is 12.6. The van der Waals surface area contributed by atoms with Crippen LogP contribution in [0.15, 0.2) is 60.7 Å². The van der Waals surface area contributed by atoms with Crippen LogP contribution in [0.2, 0.25) is 0 Å². The Kier molecular flexibility index (Phi) is 10.2. The van der Waals surface area contributed by atoms with Crippen molar-refractivity contribution in [1.29, 1.82) is 0 Å². The zero-order chi connectivity index (χ0) is 26.6. The van der Waals surface area contributed by atoms with Crippen LogP contribution in [0, 0.1) is 6.92 Å². The number of aromatic nitrogens is 2. The van der Waals surface area contributed by atoms with E-state index < -0.39 is 0 Å². The number of carbonyl (C=O) groups excluding carboxylic acids is 2. The van der Waals surface area contributed by atoms with Crippen LogP contribution in [0.4, 0.5) is 11.6 Å². The third-order valence-corrected chi connectivity index (χ3v) is 5.72. The number of carbonyl (C=O) groups is 2. The van der Waals surface area contributed by atoms with E-state index in [2.05, 4.69) is 47.2 Å². The Morgan fingerprint density at radius 2 is 1.43 bits per heavy atom. The number of anilines is 2. The standard InChI is InChI=1S/C29H36N6O2/c1-20(2)24-13-10-23(11-14-24)12-15-26(37)31-17-19-33-28-21(3)27(32-18-16-30-22(4)36)34-29(35-28)25-8-6-5-7-9-25/h5-15,20H,16-19H2,1-4H3,(H,30,36)(H,31,37)(H2,32,33,34,35). The molecule has 2 amide bonds. The zero-order valence-corrected chi connectivity index (χ0v) is 22.0. The summed E-state index contributed by atoms with van der Waals surface area (Å²) in [5, 5.41) is 12.3. The van der Waals surface area contributed by atoms with E-state index in [0.717, 1.165) is 16.7 Å². The van der Waals surface area contributed by atoms with Gasteiger partial charge in [0, 0.05) is 50.3 Å². The second kappa shape index (κ2) is 13.8. The molecule has 37 heavy (non-hydrogen) atoms. The van der Waals surface area contributed by atoms with Gasteiger partial charge in [-0.3, -0.25) is 9.59 Å². The summed E-state index contributed by atoms with van der Waals surface area (Å²) < 4.78 is 0. The number of hydrogen-bond acceptors (Lipinski definition) is 6. The van der Waals surface area contributed by atoms with Crippen molar-refractivity contribution in [2.45, 2.75) is 33.6 Å². The number of rotatable bonds is 12. The average Bonchev–Trinajstić information content (AvgIpc) is 2.90. The van der Waals surface area contributed by atoms with Gasteiger partial charge in [-0.2, -0.15) is 0 Å². The second-order valence-corrected chi connectivity index (χ2v) is 9.02. The summed E-state index contributed by atoms with van der Waals surface area (Å²) in [5.41, 5.74) is 4.02. The molecule has 0 saturated heterocycles. The van der Waals surface area contributed by atoms with Gasteiger partial charge in [0.25, 0.3) is 0 Å². The molecule has 8 nitrogen and oxygen atoms in total. The fourth-order valence-electron chi connectivity index (χ4n) is 3.59. The highest BCUT2D eigenvalue weighted by Gasteiger charge is 2.12. The molecule has 0 bridgehead atoms. The monoisotopic (exact) mass is 500 g/mol. The molecule has 0 fully saturated rings. The smallest absolute Gasteiger partial charge is 0.244 e. The van der Waals surface area contributed by atoms with Crippen molar-refractivity contribution in [2.75, 3.05) is 36.8 Å². The summed E-state index contributed by atoms with van der Waals surface area (Å²) in [6.45, 7) is 9.70. The quantitative estimate of drug-likeness (QED) is 0.217. The van der Waals surface area contributed by atoms with E-state index in [1.165, 1.54) is 12.5 Å². The van der Waals surface area contributed by atoms with Gasteiger partial charge in [-0.25, -0.2) is 9.97 Å². The van der Waals surface area contributed by atoms with E-state index in [9.17, 15) is 9.59 Å². The number of amides is 2. The zero-order valence-electron chi connectivity index (χ0n) is 22.0. The molecule has 0 aliphatic rings. The first-order chi connectivity index (χ1) is 17.8. The molecule has 0 aliphatic carbocycles. The fraction of sp³-hybridized carbons (Fsp3) is 0.310. The predicted octanol–water partition coefficient (Wildman–Crippen LogP) is 4.36. The van der Waals surface area contributed by atoms with Gasteiger partial charge in [-0.05, 0) is 30.0 Å². The van der Waals surface area contributed by atoms with Crippen molar-refractivity contribution in [3.8, 4) is 11.4 Å². The Morgan fingerprint density at radius 3 is 2.00 bits per heavy atom. The predicted molar refractivity (Wildman–Crippen MR) is 150 cm³/mol. The molecule has 194 valence electrons. The summed E-state index contributed by atoms with van der Waals surface area (Å²) >= 11 is 0. The SMILES string of the molecule is CC(=O)NCCNc1nc(-c2ccccc2)nc(NCCNC(=O)C=Cc2ccc(C(C)C)cc2)c1C. The van der Waals surface area contributed by atoms with Gasteiger partial charge in [-0.1, -0.05) is 68.4 Å². The van der Waals surface area contributed by atoms with Gasteiger partial charge in [0.05, 0.1) is 0 Å². The van der Waals surface area contributed by atoms with Crippen molar-refractivity contribution < 1.29 is 9.59 Å². The molecule has 0 unspecified atom stereocenters. The number of benzene rings is 2.